The van der Waals surface area contributed by atoms with E-state index < -0.39 is 11.5 Å². The van der Waals surface area contributed by atoms with Gasteiger partial charge in [0.2, 0.25) is 0 Å². The number of halogens is 1. The van der Waals surface area contributed by atoms with Crippen molar-refractivity contribution in [2.45, 2.75) is 62.3 Å². The molecule has 1 N–H and O–H groups in total. The Balaban J connectivity index is 1.57. The van der Waals surface area contributed by atoms with E-state index in [4.69, 9.17) is 16.9 Å². The number of aromatic nitrogens is 1. The highest BCUT2D eigenvalue weighted by Gasteiger charge is 2.51. The van der Waals surface area contributed by atoms with E-state index in [9.17, 15) is 10.4 Å². The van der Waals surface area contributed by atoms with Gasteiger partial charge in [-0.25, -0.2) is 0 Å². The third kappa shape index (κ3) is 3.51. The number of benzene rings is 1. The quantitative estimate of drug-likeness (QED) is 0.825. The maximum Gasteiger partial charge on any atom is 0.0991 e. The van der Waals surface area contributed by atoms with Crippen molar-refractivity contribution in [3.05, 3.63) is 64.4 Å². The fourth-order valence-electron chi connectivity index (χ4n) is 5.21. The van der Waals surface area contributed by atoms with Crippen molar-refractivity contribution >= 4 is 11.6 Å². The molecule has 0 radical (unpaired) electrons. The van der Waals surface area contributed by atoms with E-state index in [0.29, 0.717) is 23.4 Å². The molecular weight excluding hydrogens is 384 g/mol. The van der Waals surface area contributed by atoms with E-state index in [0.717, 1.165) is 24.0 Å². The van der Waals surface area contributed by atoms with Crippen LogP contribution in [0.2, 0.25) is 5.02 Å². The maximum atomic E-state index is 11.0. The summed E-state index contributed by atoms with van der Waals surface area (Å²) >= 11 is 6.15. The number of aliphatic hydroxyl groups is 1. The Bertz CT molecular complexity index is 964. The molecule has 1 aromatic carbocycles. The first-order valence-electron chi connectivity index (χ1n) is 9.95. The standard InChI is InChI=1S/C23H23ClN4O/c1-15(22(29)17-4-2-16(11-25)3-5-17)28-20-6-7-21(28)10-23(9-20,14-26)18-8-19(24)13-27-12-18/h2-5,8,12-13,15,20-22,29H,6-7,9-10H2,1H3. The summed E-state index contributed by atoms with van der Waals surface area (Å²) in [6.07, 6.45) is 6.18. The number of nitriles is 2. The molecule has 2 aliphatic heterocycles. The predicted molar refractivity (Wildman–Crippen MR) is 110 cm³/mol. The molecule has 2 aliphatic rings. The molecule has 4 atom stereocenters. The van der Waals surface area contributed by atoms with Crippen molar-refractivity contribution in [2.24, 2.45) is 0 Å². The van der Waals surface area contributed by atoms with Gasteiger partial charge in [-0.1, -0.05) is 23.7 Å². The van der Waals surface area contributed by atoms with Gasteiger partial charge in [-0.2, -0.15) is 10.5 Å². The minimum absolute atomic E-state index is 0.0744. The summed E-state index contributed by atoms with van der Waals surface area (Å²) in [5, 5.41) is 30.6. The zero-order chi connectivity index (χ0) is 20.6. The lowest BCUT2D eigenvalue weighted by Gasteiger charge is -2.47. The number of aliphatic hydroxyl groups excluding tert-OH is 1. The first-order chi connectivity index (χ1) is 14.0. The van der Waals surface area contributed by atoms with Crippen LogP contribution >= 0.6 is 11.6 Å². The van der Waals surface area contributed by atoms with Crippen LogP contribution in [0.15, 0.2) is 42.7 Å². The summed E-state index contributed by atoms with van der Waals surface area (Å²) in [5.41, 5.74) is 1.70. The third-order valence-corrected chi connectivity index (χ3v) is 6.83. The molecule has 29 heavy (non-hydrogen) atoms. The zero-order valence-electron chi connectivity index (χ0n) is 16.3. The van der Waals surface area contributed by atoms with Crippen LogP contribution in [0.5, 0.6) is 0 Å². The first kappa shape index (κ1) is 19.9. The van der Waals surface area contributed by atoms with Crippen LogP contribution in [-0.4, -0.2) is 33.1 Å². The van der Waals surface area contributed by atoms with E-state index in [1.54, 1.807) is 24.5 Å². The Morgan fingerprint density at radius 3 is 2.38 bits per heavy atom. The van der Waals surface area contributed by atoms with Gasteiger partial charge in [0.15, 0.2) is 0 Å². The molecule has 0 amide bonds. The Morgan fingerprint density at radius 1 is 1.17 bits per heavy atom. The van der Waals surface area contributed by atoms with Crippen LogP contribution in [0, 0.1) is 22.7 Å². The number of pyridine rings is 1. The molecule has 2 saturated heterocycles. The van der Waals surface area contributed by atoms with Gasteiger partial charge in [0.05, 0.1) is 34.2 Å². The number of hydrogen-bond donors (Lipinski definition) is 1. The van der Waals surface area contributed by atoms with Gasteiger partial charge in [0, 0.05) is 30.5 Å². The topological polar surface area (TPSA) is 83.9 Å². The second-order valence-corrected chi connectivity index (χ2v) is 8.68. The summed E-state index contributed by atoms with van der Waals surface area (Å²) in [6.45, 7) is 2.05. The molecule has 2 bridgehead atoms. The molecule has 0 aliphatic carbocycles. The molecule has 0 spiro atoms. The van der Waals surface area contributed by atoms with Crippen molar-refractivity contribution in [1.82, 2.24) is 9.88 Å². The smallest absolute Gasteiger partial charge is 0.0991 e. The van der Waals surface area contributed by atoms with Gasteiger partial charge in [-0.05, 0) is 61.9 Å². The minimum Gasteiger partial charge on any atom is -0.387 e. The number of piperidine rings is 1. The van der Waals surface area contributed by atoms with E-state index in [2.05, 4.69) is 28.9 Å². The van der Waals surface area contributed by atoms with E-state index in [-0.39, 0.29) is 18.1 Å². The number of rotatable bonds is 4. The molecule has 0 saturated carbocycles. The first-order valence-corrected chi connectivity index (χ1v) is 10.3. The summed E-state index contributed by atoms with van der Waals surface area (Å²) in [5.74, 6) is 0. The summed E-state index contributed by atoms with van der Waals surface area (Å²) < 4.78 is 0. The van der Waals surface area contributed by atoms with E-state index in [1.807, 2.05) is 18.2 Å². The second kappa shape index (κ2) is 7.76. The molecule has 2 fully saturated rings. The highest BCUT2D eigenvalue weighted by atomic mass is 35.5. The largest absolute Gasteiger partial charge is 0.387 e. The van der Waals surface area contributed by atoms with Crippen LogP contribution in [0.1, 0.15) is 55.4 Å². The molecule has 5 nitrogen and oxygen atoms in total. The van der Waals surface area contributed by atoms with Crippen molar-refractivity contribution in [1.29, 1.82) is 10.5 Å². The molecule has 3 heterocycles. The van der Waals surface area contributed by atoms with Crippen LogP contribution in [0.25, 0.3) is 0 Å². The third-order valence-electron chi connectivity index (χ3n) is 6.62. The lowest BCUT2D eigenvalue weighted by Crippen LogP contribution is -2.53. The average Bonchev–Trinajstić information content (AvgIpc) is 3.03. The average molecular weight is 407 g/mol. The van der Waals surface area contributed by atoms with Gasteiger partial charge >= 0.3 is 0 Å². The van der Waals surface area contributed by atoms with Crippen molar-refractivity contribution in [3.8, 4) is 12.1 Å². The highest BCUT2D eigenvalue weighted by molar-refractivity contribution is 6.30. The molecule has 1 aromatic heterocycles. The fourth-order valence-corrected chi connectivity index (χ4v) is 5.38. The summed E-state index contributed by atoms with van der Waals surface area (Å²) in [6, 6.07) is 14.1. The van der Waals surface area contributed by atoms with Crippen molar-refractivity contribution in [2.75, 3.05) is 0 Å². The van der Waals surface area contributed by atoms with Crippen molar-refractivity contribution < 1.29 is 5.11 Å². The summed E-state index contributed by atoms with van der Waals surface area (Å²) in [7, 11) is 0. The van der Waals surface area contributed by atoms with Gasteiger partial charge < -0.3 is 5.11 Å². The van der Waals surface area contributed by atoms with Gasteiger partial charge in [0.25, 0.3) is 0 Å². The van der Waals surface area contributed by atoms with Crippen molar-refractivity contribution in [3.63, 3.8) is 0 Å². The molecule has 4 unspecified atom stereocenters. The van der Waals surface area contributed by atoms with Crippen LogP contribution in [0.3, 0.4) is 0 Å². The van der Waals surface area contributed by atoms with Gasteiger partial charge in [0.1, 0.15) is 0 Å². The van der Waals surface area contributed by atoms with Gasteiger partial charge in [-0.15, -0.1) is 0 Å². The van der Waals surface area contributed by atoms with E-state index >= 15 is 0 Å². The summed E-state index contributed by atoms with van der Waals surface area (Å²) in [4.78, 5) is 6.60. The monoisotopic (exact) mass is 406 g/mol. The lowest BCUT2D eigenvalue weighted by atomic mass is 9.71. The van der Waals surface area contributed by atoms with Crippen LogP contribution in [-0.2, 0) is 5.41 Å². The van der Waals surface area contributed by atoms with E-state index in [1.165, 1.54) is 0 Å². The number of nitrogens with zero attached hydrogens (tertiary/aromatic N) is 4. The number of hydrogen-bond acceptors (Lipinski definition) is 5. The SMILES string of the molecule is CC(C(O)c1ccc(C#N)cc1)N1C2CCC1CC(C#N)(c1cncc(Cl)c1)C2. The number of fused-ring (bicyclic) bond motifs is 2. The Kier molecular flexibility index (Phi) is 5.32. The maximum absolute atomic E-state index is 11.0. The molecule has 148 valence electrons. The molecule has 4 rings (SSSR count). The Hall–Kier alpha value is -2.44. The Morgan fingerprint density at radius 2 is 1.83 bits per heavy atom. The predicted octanol–water partition coefficient (Wildman–Crippen LogP) is 4.12. The second-order valence-electron chi connectivity index (χ2n) is 8.25. The molecule has 2 aromatic rings. The van der Waals surface area contributed by atoms with Crippen LogP contribution in [0.4, 0.5) is 0 Å². The zero-order valence-corrected chi connectivity index (χ0v) is 17.0. The normalized spacial score (nSPS) is 28.3. The fraction of sp³-hybridized carbons (Fsp3) is 0.435. The minimum atomic E-state index is -0.645. The molecule has 6 heteroatoms. The van der Waals surface area contributed by atoms with Crippen LogP contribution < -0.4 is 0 Å². The highest BCUT2D eigenvalue weighted by Crippen LogP contribution is 2.49. The van der Waals surface area contributed by atoms with Gasteiger partial charge in [-0.3, -0.25) is 9.88 Å². The lowest BCUT2D eigenvalue weighted by molar-refractivity contribution is -0.00274. The Labute approximate surface area is 176 Å². The molecular formula is C23H23ClN4O.